The summed E-state index contributed by atoms with van der Waals surface area (Å²) in [6, 6.07) is 15.2. The van der Waals surface area contributed by atoms with Gasteiger partial charge in [-0.25, -0.2) is 0 Å². The number of carbonyl (C=O) groups excluding carboxylic acids is 2. The van der Waals surface area contributed by atoms with Gasteiger partial charge in [0.25, 0.3) is 5.91 Å². The van der Waals surface area contributed by atoms with Gasteiger partial charge in [0.2, 0.25) is 5.91 Å². The van der Waals surface area contributed by atoms with Gasteiger partial charge in [-0.1, -0.05) is 24.3 Å². The van der Waals surface area contributed by atoms with Gasteiger partial charge in [-0.15, -0.1) is 12.4 Å². The molecule has 0 aliphatic carbocycles. The van der Waals surface area contributed by atoms with Crippen molar-refractivity contribution < 1.29 is 9.59 Å². The molecule has 1 aliphatic heterocycles. The van der Waals surface area contributed by atoms with E-state index in [4.69, 9.17) is 0 Å². The van der Waals surface area contributed by atoms with E-state index in [1.54, 1.807) is 18.3 Å². The molecule has 0 spiro atoms. The second-order valence-corrected chi connectivity index (χ2v) is 7.40. The van der Waals surface area contributed by atoms with Crippen LogP contribution in [0.4, 0.5) is 0 Å². The average Bonchev–Trinajstić information content (AvgIpc) is 3.05. The third-order valence-corrected chi connectivity index (χ3v) is 5.25. The minimum atomic E-state index is -0.0989. The van der Waals surface area contributed by atoms with E-state index < -0.39 is 0 Å². The van der Waals surface area contributed by atoms with Crippen molar-refractivity contribution in [1.82, 2.24) is 20.5 Å². The molecule has 3 rings (SSSR count). The first-order valence-electron chi connectivity index (χ1n) is 10.5. The van der Waals surface area contributed by atoms with Gasteiger partial charge >= 0.3 is 0 Å². The summed E-state index contributed by atoms with van der Waals surface area (Å²) in [5.74, 6) is 0.0368. The van der Waals surface area contributed by atoms with Crippen molar-refractivity contribution in [2.24, 2.45) is 0 Å². The minimum Gasteiger partial charge on any atom is -0.352 e. The molecule has 0 radical (unpaired) electrons. The molecule has 2 aromatic rings. The Morgan fingerprint density at radius 3 is 2.63 bits per heavy atom. The number of hydrogen-bond acceptors (Lipinski definition) is 4. The summed E-state index contributed by atoms with van der Waals surface area (Å²) < 4.78 is 0. The van der Waals surface area contributed by atoms with E-state index in [2.05, 4.69) is 15.6 Å². The number of amides is 2. The molecule has 1 saturated heterocycles. The lowest BCUT2D eigenvalue weighted by molar-refractivity contribution is -0.134. The van der Waals surface area contributed by atoms with E-state index in [9.17, 15) is 9.59 Å². The summed E-state index contributed by atoms with van der Waals surface area (Å²) in [4.78, 5) is 31.6. The molecular weight excluding hydrogens is 400 g/mol. The first-order valence-corrected chi connectivity index (χ1v) is 10.5. The summed E-state index contributed by atoms with van der Waals surface area (Å²) in [7, 11) is 0. The maximum absolute atomic E-state index is 13.0. The molecule has 1 atom stereocenters. The maximum atomic E-state index is 13.0. The van der Waals surface area contributed by atoms with Gasteiger partial charge in [-0.3, -0.25) is 14.6 Å². The molecule has 1 fully saturated rings. The van der Waals surface area contributed by atoms with Crippen LogP contribution < -0.4 is 10.6 Å². The minimum absolute atomic E-state index is 0. The number of carbonyl (C=O) groups is 2. The van der Waals surface area contributed by atoms with Crippen molar-refractivity contribution in [3.63, 3.8) is 0 Å². The highest BCUT2D eigenvalue weighted by Crippen LogP contribution is 2.18. The molecule has 6 nitrogen and oxygen atoms in total. The molecule has 2 heterocycles. The van der Waals surface area contributed by atoms with E-state index in [0.29, 0.717) is 31.5 Å². The SMILES string of the molecule is Cl.O=C(NCCCC(=O)N(Cc1ccccn1)C1CCCNCC1)c1ccccc1. The number of nitrogens with one attached hydrogen (secondary N) is 2. The predicted octanol–water partition coefficient (Wildman–Crippen LogP) is 3.18. The van der Waals surface area contributed by atoms with Crippen LogP contribution in [-0.2, 0) is 11.3 Å². The van der Waals surface area contributed by atoms with Crippen LogP contribution in [0.5, 0.6) is 0 Å². The van der Waals surface area contributed by atoms with Crippen LogP contribution in [0.2, 0.25) is 0 Å². The van der Waals surface area contributed by atoms with Crippen molar-refractivity contribution in [2.45, 2.75) is 44.7 Å². The Kier molecular flexibility index (Phi) is 10.3. The van der Waals surface area contributed by atoms with Crippen molar-refractivity contribution in [1.29, 1.82) is 0 Å². The molecule has 0 bridgehead atoms. The zero-order chi connectivity index (χ0) is 20.3. The van der Waals surface area contributed by atoms with Gasteiger partial charge in [0.15, 0.2) is 0 Å². The van der Waals surface area contributed by atoms with Crippen LogP contribution in [0.15, 0.2) is 54.7 Å². The van der Waals surface area contributed by atoms with Gasteiger partial charge in [0.05, 0.1) is 12.2 Å². The summed E-state index contributed by atoms with van der Waals surface area (Å²) in [5.41, 5.74) is 1.55. The normalized spacial score (nSPS) is 16.1. The Balaban J connectivity index is 0.00000320. The fourth-order valence-corrected chi connectivity index (χ4v) is 3.68. The molecule has 30 heavy (non-hydrogen) atoms. The zero-order valence-electron chi connectivity index (χ0n) is 17.3. The van der Waals surface area contributed by atoms with Crippen molar-refractivity contribution in [2.75, 3.05) is 19.6 Å². The quantitative estimate of drug-likeness (QED) is 0.631. The molecule has 1 aromatic heterocycles. The fourth-order valence-electron chi connectivity index (χ4n) is 3.68. The van der Waals surface area contributed by atoms with Crippen molar-refractivity contribution >= 4 is 24.2 Å². The standard InChI is InChI=1S/C23H30N4O2.ClH/c28-22(12-7-16-26-23(29)19-8-2-1-3-9-19)27(18-20-10-4-5-15-25-20)21-11-6-14-24-17-13-21;/h1-5,8-10,15,21,24H,6-7,11-14,16-18H2,(H,26,29);1H. The Morgan fingerprint density at radius 1 is 1.07 bits per heavy atom. The zero-order valence-corrected chi connectivity index (χ0v) is 18.1. The predicted molar refractivity (Wildman–Crippen MR) is 121 cm³/mol. The molecule has 2 N–H and O–H groups in total. The number of aromatic nitrogens is 1. The third-order valence-electron chi connectivity index (χ3n) is 5.25. The lowest BCUT2D eigenvalue weighted by Gasteiger charge is -2.31. The van der Waals surface area contributed by atoms with E-state index in [-0.39, 0.29) is 30.3 Å². The molecule has 162 valence electrons. The largest absolute Gasteiger partial charge is 0.352 e. The Hall–Kier alpha value is -2.44. The highest BCUT2D eigenvalue weighted by molar-refractivity contribution is 5.94. The topological polar surface area (TPSA) is 74.3 Å². The van der Waals surface area contributed by atoms with E-state index >= 15 is 0 Å². The number of hydrogen-bond donors (Lipinski definition) is 2. The Bertz CT molecular complexity index is 765. The highest BCUT2D eigenvalue weighted by Gasteiger charge is 2.24. The number of rotatable bonds is 8. The lowest BCUT2D eigenvalue weighted by Crippen LogP contribution is -2.40. The van der Waals surface area contributed by atoms with Crippen molar-refractivity contribution in [3.8, 4) is 0 Å². The monoisotopic (exact) mass is 430 g/mol. The van der Waals surface area contributed by atoms with Crippen LogP contribution in [0, 0.1) is 0 Å². The van der Waals surface area contributed by atoms with E-state index in [1.165, 1.54) is 0 Å². The van der Waals surface area contributed by atoms with Gasteiger partial charge in [-0.2, -0.15) is 0 Å². The van der Waals surface area contributed by atoms with Crippen LogP contribution in [0.25, 0.3) is 0 Å². The number of pyridine rings is 1. The van der Waals surface area contributed by atoms with Crippen LogP contribution >= 0.6 is 12.4 Å². The van der Waals surface area contributed by atoms with Gasteiger partial charge in [0.1, 0.15) is 0 Å². The van der Waals surface area contributed by atoms with Gasteiger partial charge in [-0.05, 0) is 63.0 Å². The Labute approximate surface area is 184 Å². The lowest BCUT2D eigenvalue weighted by atomic mass is 10.1. The smallest absolute Gasteiger partial charge is 0.251 e. The molecule has 1 unspecified atom stereocenters. The van der Waals surface area contributed by atoms with E-state index in [1.807, 2.05) is 41.3 Å². The van der Waals surface area contributed by atoms with Crippen LogP contribution in [-0.4, -0.2) is 47.4 Å². The number of benzene rings is 1. The van der Waals surface area contributed by atoms with Crippen molar-refractivity contribution in [3.05, 3.63) is 66.0 Å². The fraction of sp³-hybridized carbons (Fsp3) is 0.435. The van der Waals surface area contributed by atoms with Gasteiger partial charge < -0.3 is 15.5 Å². The van der Waals surface area contributed by atoms with Gasteiger partial charge in [0, 0.05) is 30.8 Å². The molecule has 1 aliphatic rings. The second kappa shape index (κ2) is 13.0. The average molecular weight is 431 g/mol. The second-order valence-electron chi connectivity index (χ2n) is 7.40. The van der Waals surface area contributed by atoms with Crippen LogP contribution in [0.1, 0.15) is 48.2 Å². The first-order chi connectivity index (χ1) is 14.2. The first kappa shape index (κ1) is 23.8. The number of halogens is 1. The third kappa shape index (κ3) is 7.43. The molecule has 2 amide bonds. The summed E-state index contributed by atoms with van der Waals surface area (Å²) in [6.45, 7) is 2.97. The molecule has 0 saturated carbocycles. The highest BCUT2D eigenvalue weighted by atomic mass is 35.5. The summed E-state index contributed by atoms with van der Waals surface area (Å²) in [5, 5.41) is 6.31. The molecular formula is C23H31ClN4O2. The molecule has 1 aromatic carbocycles. The van der Waals surface area contributed by atoms with E-state index in [0.717, 1.165) is 38.0 Å². The Morgan fingerprint density at radius 2 is 1.87 bits per heavy atom. The summed E-state index contributed by atoms with van der Waals surface area (Å²) in [6.07, 6.45) is 5.86. The summed E-state index contributed by atoms with van der Waals surface area (Å²) >= 11 is 0. The number of nitrogens with zero attached hydrogens (tertiary/aromatic N) is 2. The maximum Gasteiger partial charge on any atom is 0.251 e. The van der Waals surface area contributed by atoms with Crippen LogP contribution in [0.3, 0.4) is 0 Å². The molecule has 7 heteroatoms.